The maximum absolute atomic E-state index is 13.6. The number of hydrogen-bond donors (Lipinski definition) is 2. The number of aliphatic imine (C=N–C) groups is 1. The second kappa shape index (κ2) is 7.48. The third kappa shape index (κ3) is 4.45. The molecule has 0 spiro atoms. The molecule has 7 heteroatoms. The average molecular weight is 357 g/mol. The molecule has 25 heavy (non-hydrogen) atoms. The lowest BCUT2D eigenvalue weighted by Crippen LogP contribution is -2.28. The molecule has 5 nitrogen and oxygen atoms in total. The summed E-state index contributed by atoms with van der Waals surface area (Å²) in [6.45, 7) is 1.98. The van der Waals surface area contributed by atoms with Gasteiger partial charge in [0.1, 0.15) is 11.1 Å². The molecule has 1 saturated heterocycles. The van der Waals surface area contributed by atoms with Crippen molar-refractivity contribution in [2.75, 3.05) is 5.32 Å². The van der Waals surface area contributed by atoms with Gasteiger partial charge in [-0.25, -0.2) is 9.38 Å². The van der Waals surface area contributed by atoms with E-state index in [1.165, 1.54) is 23.9 Å². The molecule has 3 rings (SSSR count). The molecule has 1 fully saturated rings. The molecule has 1 aliphatic rings. The fraction of sp³-hybridized carbons (Fsp3) is 0.167. The normalized spacial score (nSPS) is 18.2. The lowest BCUT2D eigenvalue weighted by Gasteiger charge is -2.08. The van der Waals surface area contributed by atoms with Gasteiger partial charge in [0, 0.05) is 6.42 Å². The van der Waals surface area contributed by atoms with Crippen LogP contribution in [0, 0.1) is 12.7 Å². The van der Waals surface area contributed by atoms with Crippen molar-refractivity contribution < 1.29 is 14.0 Å². The molecule has 2 aromatic carbocycles. The molecular weight excluding hydrogens is 341 g/mol. The highest BCUT2D eigenvalue weighted by molar-refractivity contribution is 8.15. The summed E-state index contributed by atoms with van der Waals surface area (Å²) in [5.74, 6) is -1.21. The van der Waals surface area contributed by atoms with Gasteiger partial charge in [0.05, 0.1) is 11.4 Å². The van der Waals surface area contributed by atoms with E-state index in [4.69, 9.17) is 0 Å². The number of para-hydroxylation sites is 1. The summed E-state index contributed by atoms with van der Waals surface area (Å²) in [6.07, 6.45) is -0.0578. The molecule has 2 aromatic rings. The van der Waals surface area contributed by atoms with Crippen molar-refractivity contribution >= 4 is 40.1 Å². The Morgan fingerprint density at radius 2 is 1.96 bits per heavy atom. The van der Waals surface area contributed by atoms with Gasteiger partial charge in [0.25, 0.3) is 0 Å². The summed E-state index contributed by atoms with van der Waals surface area (Å²) in [4.78, 5) is 28.4. The van der Waals surface area contributed by atoms with Crippen molar-refractivity contribution in [2.45, 2.75) is 18.6 Å². The average Bonchev–Trinajstić information content (AvgIpc) is 2.91. The first-order valence-electron chi connectivity index (χ1n) is 7.68. The summed E-state index contributed by atoms with van der Waals surface area (Å²) in [5.41, 5.74) is 1.95. The van der Waals surface area contributed by atoms with E-state index in [9.17, 15) is 14.0 Å². The van der Waals surface area contributed by atoms with Crippen LogP contribution in [0.3, 0.4) is 0 Å². The van der Waals surface area contributed by atoms with Gasteiger partial charge < -0.3 is 10.6 Å². The Bertz CT molecular complexity index is 836. The smallest absolute Gasteiger partial charge is 0.240 e. The Morgan fingerprint density at radius 1 is 1.24 bits per heavy atom. The van der Waals surface area contributed by atoms with Crippen molar-refractivity contribution in [2.24, 2.45) is 4.99 Å². The van der Waals surface area contributed by atoms with Gasteiger partial charge in [0.15, 0.2) is 5.17 Å². The number of benzene rings is 2. The van der Waals surface area contributed by atoms with E-state index in [2.05, 4.69) is 15.6 Å². The largest absolute Gasteiger partial charge is 0.324 e. The number of carbonyl (C=O) groups excluding carboxylic acids is 2. The molecule has 0 bridgehead atoms. The van der Waals surface area contributed by atoms with Crippen LogP contribution in [0.1, 0.15) is 12.0 Å². The van der Waals surface area contributed by atoms with Crippen LogP contribution in [0.15, 0.2) is 53.5 Å². The number of rotatable bonds is 4. The highest BCUT2D eigenvalue weighted by atomic mass is 32.2. The van der Waals surface area contributed by atoms with Gasteiger partial charge in [-0.2, -0.15) is 0 Å². The Morgan fingerprint density at radius 3 is 2.68 bits per heavy atom. The quantitative estimate of drug-likeness (QED) is 0.881. The Balaban J connectivity index is 1.62. The molecule has 0 unspecified atom stereocenters. The van der Waals surface area contributed by atoms with Gasteiger partial charge >= 0.3 is 0 Å². The molecule has 0 aromatic heterocycles. The standard InChI is InChI=1S/C18H16FN3O2S/c1-11-6-8-12(9-7-11)20-18-22-17(24)15(25-18)10-16(23)21-14-5-3-2-4-13(14)19/h2-9,15H,10H2,1H3,(H,21,23)(H,20,22,24)/t15-/m1/s1. The Labute approximate surface area is 148 Å². The summed E-state index contributed by atoms with van der Waals surface area (Å²) >= 11 is 1.20. The maximum Gasteiger partial charge on any atom is 0.240 e. The van der Waals surface area contributed by atoms with Gasteiger partial charge in [-0.3, -0.25) is 9.59 Å². The zero-order chi connectivity index (χ0) is 17.8. The van der Waals surface area contributed by atoms with E-state index < -0.39 is 17.0 Å². The number of amides is 2. The highest BCUT2D eigenvalue weighted by Crippen LogP contribution is 2.26. The topological polar surface area (TPSA) is 70.6 Å². The van der Waals surface area contributed by atoms with Crippen LogP contribution < -0.4 is 10.6 Å². The minimum absolute atomic E-state index is 0.0578. The lowest BCUT2D eigenvalue weighted by molar-refractivity contribution is -0.122. The third-order valence-electron chi connectivity index (χ3n) is 3.56. The SMILES string of the molecule is Cc1ccc(N=C2NC(=O)[C@@H](CC(=O)Nc3ccccc3F)S2)cc1. The number of anilines is 1. The second-order valence-corrected chi connectivity index (χ2v) is 6.77. The van der Waals surface area contributed by atoms with Crippen LogP contribution >= 0.6 is 11.8 Å². The summed E-state index contributed by atoms with van der Waals surface area (Å²) in [7, 11) is 0. The predicted molar refractivity (Wildman–Crippen MR) is 97.4 cm³/mol. The number of nitrogens with zero attached hydrogens (tertiary/aromatic N) is 1. The van der Waals surface area contributed by atoms with E-state index >= 15 is 0 Å². The first-order valence-corrected chi connectivity index (χ1v) is 8.56. The Hall–Kier alpha value is -2.67. The number of aryl methyl sites for hydroxylation is 1. The number of carbonyl (C=O) groups is 2. The van der Waals surface area contributed by atoms with Crippen LogP contribution in [0.25, 0.3) is 0 Å². The number of nitrogens with one attached hydrogen (secondary N) is 2. The third-order valence-corrected chi connectivity index (χ3v) is 4.64. The zero-order valence-electron chi connectivity index (χ0n) is 13.5. The molecular formula is C18H16FN3O2S. The lowest BCUT2D eigenvalue weighted by atomic mass is 10.2. The maximum atomic E-state index is 13.6. The van der Waals surface area contributed by atoms with Crippen molar-refractivity contribution in [3.05, 3.63) is 59.9 Å². The van der Waals surface area contributed by atoms with Crippen LogP contribution in [-0.4, -0.2) is 22.2 Å². The van der Waals surface area contributed by atoms with Gasteiger partial charge in [-0.05, 0) is 31.2 Å². The van der Waals surface area contributed by atoms with Gasteiger partial charge in [-0.15, -0.1) is 0 Å². The molecule has 0 saturated carbocycles. The van der Waals surface area contributed by atoms with Crippen LogP contribution in [0.5, 0.6) is 0 Å². The van der Waals surface area contributed by atoms with Crippen molar-refractivity contribution in [1.82, 2.24) is 5.32 Å². The fourth-order valence-corrected chi connectivity index (χ4v) is 3.25. The van der Waals surface area contributed by atoms with E-state index in [0.29, 0.717) is 5.17 Å². The van der Waals surface area contributed by atoms with Crippen molar-refractivity contribution in [1.29, 1.82) is 0 Å². The van der Waals surface area contributed by atoms with Crippen molar-refractivity contribution in [3.63, 3.8) is 0 Å². The number of amidine groups is 1. The van der Waals surface area contributed by atoms with Crippen LogP contribution in [0.4, 0.5) is 15.8 Å². The first kappa shape index (κ1) is 17.2. The van der Waals surface area contributed by atoms with E-state index in [0.717, 1.165) is 11.3 Å². The minimum atomic E-state index is -0.587. The molecule has 0 radical (unpaired) electrons. The van der Waals surface area contributed by atoms with Crippen LogP contribution in [0.2, 0.25) is 0 Å². The second-order valence-electron chi connectivity index (χ2n) is 5.58. The molecule has 128 valence electrons. The first-order chi connectivity index (χ1) is 12.0. The van der Waals surface area contributed by atoms with E-state index in [-0.39, 0.29) is 18.0 Å². The molecule has 1 heterocycles. The molecule has 1 aliphatic heterocycles. The predicted octanol–water partition coefficient (Wildman–Crippen LogP) is 3.38. The molecule has 1 atom stereocenters. The monoisotopic (exact) mass is 357 g/mol. The number of hydrogen-bond acceptors (Lipinski definition) is 4. The molecule has 2 N–H and O–H groups in total. The number of thioether (sulfide) groups is 1. The van der Waals surface area contributed by atoms with E-state index in [1.807, 2.05) is 31.2 Å². The molecule has 2 amide bonds. The van der Waals surface area contributed by atoms with Gasteiger partial charge in [0.2, 0.25) is 11.8 Å². The summed E-state index contributed by atoms with van der Waals surface area (Å²) in [6, 6.07) is 13.5. The zero-order valence-corrected chi connectivity index (χ0v) is 14.3. The van der Waals surface area contributed by atoms with Crippen molar-refractivity contribution in [3.8, 4) is 0 Å². The van der Waals surface area contributed by atoms with Gasteiger partial charge in [-0.1, -0.05) is 41.6 Å². The summed E-state index contributed by atoms with van der Waals surface area (Å²) in [5, 5.41) is 5.02. The number of halogens is 1. The fourth-order valence-electron chi connectivity index (χ4n) is 2.26. The van der Waals surface area contributed by atoms with Crippen LogP contribution in [-0.2, 0) is 9.59 Å². The summed E-state index contributed by atoms with van der Waals surface area (Å²) < 4.78 is 13.6. The Kier molecular flexibility index (Phi) is 5.14. The molecule has 0 aliphatic carbocycles. The van der Waals surface area contributed by atoms with E-state index in [1.54, 1.807) is 12.1 Å². The highest BCUT2D eigenvalue weighted by Gasteiger charge is 2.32. The minimum Gasteiger partial charge on any atom is -0.324 e.